The number of nitrogens with zero attached hydrogens (tertiary/aromatic N) is 4. The predicted molar refractivity (Wildman–Crippen MR) is 62.0 cm³/mol. The molecule has 0 fully saturated rings. The third-order valence-electron chi connectivity index (χ3n) is 2.36. The van der Waals surface area contributed by atoms with E-state index >= 15 is 0 Å². The van der Waals surface area contributed by atoms with Crippen molar-refractivity contribution in [1.29, 1.82) is 0 Å². The Bertz CT molecular complexity index is 418. The number of alkyl halides is 3. The number of carbonyl (C=O) groups excluding carboxylic acids is 1. The van der Waals surface area contributed by atoms with Crippen molar-refractivity contribution in [2.45, 2.75) is 32.5 Å². The third-order valence-corrected chi connectivity index (χ3v) is 2.36. The van der Waals surface area contributed by atoms with Crippen molar-refractivity contribution < 1.29 is 18.0 Å². The Hall–Kier alpha value is -1.80. The Labute approximate surface area is 108 Å². The van der Waals surface area contributed by atoms with E-state index in [2.05, 4.69) is 10.1 Å². The van der Waals surface area contributed by atoms with Crippen molar-refractivity contribution >= 4 is 11.9 Å². The third kappa shape index (κ3) is 5.58. The molecule has 0 saturated carbocycles. The number of unbranched alkanes of at least 4 members (excludes halogenated alkanes) is 1. The first-order valence-corrected chi connectivity index (χ1v) is 5.81. The van der Waals surface area contributed by atoms with Gasteiger partial charge in [-0.15, -0.1) is 5.10 Å². The lowest BCUT2D eigenvalue weighted by molar-refractivity contribution is -0.161. The first kappa shape index (κ1) is 15.3. The van der Waals surface area contributed by atoms with Crippen LogP contribution in [0.1, 0.15) is 19.8 Å². The highest BCUT2D eigenvalue weighted by molar-refractivity contribution is 5.75. The molecule has 0 aliphatic rings. The van der Waals surface area contributed by atoms with Gasteiger partial charge in [0.2, 0.25) is 11.9 Å². The van der Waals surface area contributed by atoms with Gasteiger partial charge in [-0.05, 0) is 6.42 Å². The van der Waals surface area contributed by atoms with Crippen LogP contribution in [-0.4, -0.2) is 44.8 Å². The maximum absolute atomic E-state index is 12.4. The van der Waals surface area contributed by atoms with E-state index in [1.807, 2.05) is 6.92 Å². The average molecular weight is 279 g/mol. The normalized spacial score (nSPS) is 11.6. The van der Waals surface area contributed by atoms with E-state index in [0.717, 1.165) is 9.58 Å². The SMILES string of the molecule is CCCCN(CC(F)(F)F)C(=O)Cn1cnc(N)n1. The van der Waals surface area contributed by atoms with E-state index in [-0.39, 0.29) is 19.0 Å². The van der Waals surface area contributed by atoms with E-state index in [1.165, 1.54) is 6.33 Å². The molecule has 1 amide bonds. The molecule has 6 nitrogen and oxygen atoms in total. The topological polar surface area (TPSA) is 77.0 Å². The zero-order valence-electron chi connectivity index (χ0n) is 10.5. The average Bonchev–Trinajstić information content (AvgIpc) is 2.68. The quantitative estimate of drug-likeness (QED) is 0.844. The standard InChI is InChI=1S/C10H16F3N5O/c1-2-3-4-17(6-10(11,12)13)8(19)5-18-7-15-9(14)16-18/h7H,2-6H2,1H3,(H2,14,16). The Morgan fingerprint density at radius 1 is 1.53 bits per heavy atom. The first-order valence-electron chi connectivity index (χ1n) is 5.81. The summed E-state index contributed by atoms with van der Waals surface area (Å²) in [5.74, 6) is -0.681. The van der Waals surface area contributed by atoms with E-state index in [0.29, 0.717) is 12.8 Å². The Morgan fingerprint density at radius 3 is 2.68 bits per heavy atom. The molecular formula is C10H16F3N5O. The largest absolute Gasteiger partial charge is 0.406 e. The van der Waals surface area contributed by atoms with Gasteiger partial charge in [-0.1, -0.05) is 13.3 Å². The summed E-state index contributed by atoms with van der Waals surface area (Å²) < 4.78 is 38.3. The van der Waals surface area contributed by atoms with Crippen molar-refractivity contribution in [3.05, 3.63) is 6.33 Å². The van der Waals surface area contributed by atoms with Gasteiger partial charge in [0.05, 0.1) is 0 Å². The van der Waals surface area contributed by atoms with Crippen LogP contribution < -0.4 is 5.73 Å². The van der Waals surface area contributed by atoms with Crippen LogP contribution in [0.3, 0.4) is 0 Å². The minimum absolute atomic E-state index is 0.0243. The van der Waals surface area contributed by atoms with Gasteiger partial charge in [-0.2, -0.15) is 13.2 Å². The molecule has 0 bridgehead atoms. The Kier molecular flexibility index (Phi) is 5.13. The number of aromatic nitrogens is 3. The molecule has 0 saturated heterocycles. The molecule has 1 aromatic rings. The number of hydrogen-bond acceptors (Lipinski definition) is 4. The zero-order valence-corrected chi connectivity index (χ0v) is 10.5. The fraction of sp³-hybridized carbons (Fsp3) is 0.700. The predicted octanol–water partition coefficient (Wildman–Crippen LogP) is 1.05. The fourth-order valence-corrected chi connectivity index (χ4v) is 1.48. The summed E-state index contributed by atoms with van der Waals surface area (Å²) in [4.78, 5) is 16.2. The number of carbonyl (C=O) groups is 1. The van der Waals surface area contributed by atoms with Crippen molar-refractivity contribution in [2.75, 3.05) is 18.8 Å². The van der Waals surface area contributed by atoms with Crippen LogP contribution in [0, 0.1) is 0 Å². The summed E-state index contributed by atoms with van der Waals surface area (Å²) >= 11 is 0. The van der Waals surface area contributed by atoms with Gasteiger partial charge < -0.3 is 10.6 Å². The molecule has 1 heterocycles. The lowest BCUT2D eigenvalue weighted by Crippen LogP contribution is -2.41. The molecule has 19 heavy (non-hydrogen) atoms. The lowest BCUT2D eigenvalue weighted by Gasteiger charge is -2.23. The highest BCUT2D eigenvalue weighted by Crippen LogP contribution is 2.17. The van der Waals surface area contributed by atoms with E-state index in [4.69, 9.17) is 5.73 Å². The summed E-state index contributed by atoms with van der Waals surface area (Å²) in [7, 11) is 0. The molecule has 0 aliphatic carbocycles. The molecule has 0 atom stereocenters. The maximum Gasteiger partial charge on any atom is 0.406 e. The summed E-state index contributed by atoms with van der Waals surface area (Å²) in [6.07, 6.45) is -1.98. The minimum atomic E-state index is -4.41. The lowest BCUT2D eigenvalue weighted by atomic mass is 10.3. The van der Waals surface area contributed by atoms with Gasteiger partial charge in [0.15, 0.2) is 0 Å². The van der Waals surface area contributed by atoms with Crippen molar-refractivity contribution in [3.8, 4) is 0 Å². The molecule has 0 unspecified atom stereocenters. The zero-order chi connectivity index (χ0) is 14.5. The molecular weight excluding hydrogens is 263 g/mol. The first-order chi connectivity index (χ1) is 8.81. The van der Waals surface area contributed by atoms with Gasteiger partial charge in [-0.25, -0.2) is 9.67 Å². The van der Waals surface area contributed by atoms with Gasteiger partial charge >= 0.3 is 6.18 Å². The molecule has 2 N–H and O–H groups in total. The summed E-state index contributed by atoms with van der Waals surface area (Å²) in [5.41, 5.74) is 5.26. The molecule has 0 aliphatic heterocycles. The van der Waals surface area contributed by atoms with Crippen LogP contribution >= 0.6 is 0 Å². The van der Waals surface area contributed by atoms with Crippen LogP contribution in [0.4, 0.5) is 19.1 Å². The number of nitrogens with two attached hydrogens (primary N) is 1. The number of halogens is 3. The highest BCUT2D eigenvalue weighted by Gasteiger charge is 2.32. The molecule has 108 valence electrons. The molecule has 1 rings (SSSR count). The number of amides is 1. The second-order valence-electron chi connectivity index (χ2n) is 4.08. The number of anilines is 1. The fourth-order valence-electron chi connectivity index (χ4n) is 1.48. The van der Waals surface area contributed by atoms with Crippen molar-refractivity contribution in [2.24, 2.45) is 0 Å². The molecule has 1 aromatic heterocycles. The van der Waals surface area contributed by atoms with Gasteiger partial charge in [0.1, 0.15) is 19.4 Å². The second kappa shape index (κ2) is 6.39. The van der Waals surface area contributed by atoms with Crippen LogP contribution in [0.15, 0.2) is 6.33 Å². The molecule has 9 heteroatoms. The van der Waals surface area contributed by atoms with E-state index < -0.39 is 18.6 Å². The number of nitrogen functional groups attached to an aromatic ring is 1. The van der Waals surface area contributed by atoms with Crippen LogP contribution in [0.25, 0.3) is 0 Å². The Balaban J connectivity index is 2.65. The highest BCUT2D eigenvalue weighted by atomic mass is 19.4. The Morgan fingerprint density at radius 2 is 2.21 bits per heavy atom. The van der Waals surface area contributed by atoms with Crippen molar-refractivity contribution in [1.82, 2.24) is 19.7 Å². The minimum Gasteiger partial charge on any atom is -0.367 e. The van der Waals surface area contributed by atoms with Crippen LogP contribution in [0.2, 0.25) is 0 Å². The van der Waals surface area contributed by atoms with Crippen LogP contribution in [-0.2, 0) is 11.3 Å². The molecule has 0 radical (unpaired) electrons. The summed E-state index contributed by atoms with van der Waals surface area (Å²) in [6, 6.07) is 0. The number of rotatable bonds is 6. The van der Waals surface area contributed by atoms with Gasteiger partial charge in [-0.3, -0.25) is 4.79 Å². The van der Waals surface area contributed by atoms with Crippen LogP contribution in [0.5, 0.6) is 0 Å². The van der Waals surface area contributed by atoms with Gasteiger partial charge in [0, 0.05) is 6.54 Å². The van der Waals surface area contributed by atoms with E-state index in [9.17, 15) is 18.0 Å². The van der Waals surface area contributed by atoms with E-state index in [1.54, 1.807) is 0 Å². The summed E-state index contributed by atoms with van der Waals surface area (Å²) in [6.45, 7) is 0.355. The molecule has 0 spiro atoms. The number of hydrogen-bond donors (Lipinski definition) is 1. The van der Waals surface area contributed by atoms with Crippen molar-refractivity contribution in [3.63, 3.8) is 0 Å². The monoisotopic (exact) mass is 279 g/mol. The summed E-state index contributed by atoms with van der Waals surface area (Å²) in [5, 5.41) is 3.66. The van der Waals surface area contributed by atoms with Gasteiger partial charge in [0.25, 0.3) is 0 Å². The smallest absolute Gasteiger partial charge is 0.367 e. The molecule has 0 aromatic carbocycles. The maximum atomic E-state index is 12.4. The second-order valence-corrected chi connectivity index (χ2v) is 4.08.